The molecule has 2 N–H and O–H groups in total. The molecule has 2 aliphatic heterocycles. The molecule has 3 heterocycles. The lowest BCUT2D eigenvalue weighted by molar-refractivity contribution is 0.161. The molecule has 3 fully saturated rings. The maximum absolute atomic E-state index is 4.82. The smallest absolute Gasteiger partial charge is 0.0968 e. The Morgan fingerprint density at radius 3 is 2.71 bits per heavy atom. The lowest BCUT2D eigenvalue weighted by Gasteiger charge is -2.34. The Hall–Kier alpha value is -1.69. The Balaban J connectivity index is 1.31. The van der Waals surface area contributed by atoms with Crippen LogP contribution in [0.1, 0.15) is 55.6 Å². The minimum atomic E-state index is 0.650. The average Bonchev–Trinajstić information content (AvgIpc) is 3.35. The molecule has 5 rings (SSSR count). The van der Waals surface area contributed by atoms with E-state index in [4.69, 9.17) is 5.10 Å². The highest BCUT2D eigenvalue weighted by molar-refractivity contribution is 5.63. The van der Waals surface area contributed by atoms with Gasteiger partial charge in [0.1, 0.15) is 0 Å². The van der Waals surface area contributed by atoms with Gasteiger partial charge in [-0.25, -0.2) is 0 Å². The summed E-state index contributed by atoms with van der Waals surface area (Å²) in [5, 5.41) is 4.82. The van der Waals surface area contributed by atoms with Gasteiger partial charge in [0, 0.05) is 62.5 Å². The summed E-state index contributed by atoms with van der Waals surface area (Å²) >= 11 is 0. The van der Waals surface area contributed by atoms with Crippen LogP contribution in [0.5, 0.6) is 0 Å². The fourth-order valence-corrected chi connectivity index (χ4v) is 5.46. The Morgan fingerprint density at radius 2 is 1.89 bits per heavy atom. The van der Waals surface area contributed by atoms with Crippen molar-refractivity contribution in [2.45, 2.75) is 57.0 Å². The third-order valence-electron chi connectivity index (χ3n) is 7.03. The van der Waals surface area contributed by atoms with E-state index in [-0.39, 0.29) is 0 Å². The minimum absolute atomic E-state index is 0.650. The van der Waals surface area contributed by atoms with E-state index in [0.29, 0.717) is 6.04 Å². The Labute approximate surface area is 168 Å². The molecule has 2 atom stereocenters. The fraction of sp³-hybridized carbons (Fsp3) is 0.609. The zero-order valence-corrected chi connectivity index (χ0v) is 17.0. The first-order valence-corrected chi connectivity index (χ1v) is 11.1. The topological polar surface area (TPSA) is 45.1 Å². The molecule has 0 spiro atoms. The molecule has 0 bridgehead atoms. The normalized spacial score (nSPS) is 26.5. The van der Waals surface area contributed by atoms with Crippen molar-refractivity contribution in [3.63, 3.8) is 0 Å². The number of rotatable bonds is 4. The number of aromatic nitrogens is 2. The highest BCUT2D eigenvalue weighted by Crippen LogP contribution is 2.34. The van der Waals surface area contributed by atoms with Crippen LogP contribution in [0.2, 0.25) is 0 Å². The molecule has 2 unspecified atom stereocenters. The molecule has 5 heteroatoms. The number of likely N-dealkylation sites (tertiary alicyclic amines) is 1. The van der Waals surface area contributed by atoms with Crippen LogP contribution in [-0.2, 0) is 13.6 Å². The Kier molecular flexibility index (Phi) is 5.22. The monoisotopic (exact) mass is 379 g/mol. The number of nitrogens with zero attached hydrogens (tertiary/aromatic N) is 3. The van der Waals surface area contributed by atoms with Crippen LogP contribution in [-0.4, -0.2) is 40.4 Å². The van der Waals surface area contributed by atoms with Gasteiger partial charge in [-0.1, -0.05) is 43.5 Å². The van der Waals surface area contributed by atoms with Crippen LogP contribution in [0.3, 0.4) is 0 Å². The van der Waals surface area contributed by atoms with Crippen LogP contribution in [0.15, 0.2) is 30.5 Å². The maximum atomic E-state index is 4.82. The zero-order valence-electron chi connectivity index (χ0n) is 17.0. The van der Waals surface area contributed by atoms with Gasteiger partial charge in [0.15, 0.2) is 0 Å². The van der Waals surface area contributed by atoms with Crippen molar-refractivity contribution in [2.24, 2.45) is 13.0 Å². The first-order valence-electron chi connectivity index (χ1n) is 11.1. The van der Waals surface area contributed by atoms with Crippen molar-refractivity contribution in [1.82, 2.24) is 25.5 Å². The van der Waals surface area contributed by atoms with Crippen molar-refractivity contribution >= 4 is 0 Å². The summed E-state index contributed by atoms with van der Waals surface area (Å²) in [6, 6.07) is 9.95. The summed E-state index contributed by atoms with van der Waals surface area (Å²) in [6.45, 7) is 4.41. The standard InChI is InChI=1S/C23H33N5/c1-27-14-21(16-28-12-11-22-20(15-28)13-24-25-22)23(26-27)19-9-7-18(8-10-19)17-5-3-2-4-6-17/h7-10,14,17,20,22,24-25H,2-6,11-13,15-16H2,1H3. The molecule has 1 aromatic carbocycles. The van der Waals surface area contributed by atoms with Gasteiger partial charge in [-0.05, 0) is 30.7 Å². The second-order valence-electron chi connectivity index (χ2n) is 9.05. The summed E-state index contributed by atoms with van der Waals surface area (Å²) in [7, 11) is 2.04. The number of hydrazine groups is 1. The Bertz CT molecular complexity index is 790. The van der Waals surface area contributed by atoms with E-state index in [9.17, 15) is 0 Å². The van der Waals surface area contributed by atoms with Crippen LogP contribution in [0.25, 0.3) is 11.3 Å². The van der Waals surface area contributed by atoms with E-state index >= 15 is 0 Å². The first-order chi connectivity index (χ1) is 13.8. The van der Waals surface area contributed by atoms with Gasteiger partial charge < -0.3 is 0 Å². The predicted octanol–water partition coefficient (Wildman–Crippen LogP) is 3.43. The fourth-order valence-electron chi connectivity index (χ4n) is 5.46. The first kappa shape index (κ1) is 18.3. The second-order valence-corrected chi connectivity index (χ2v) is 9.05. The van der Waals surface area contributed by atoms with E-state index in [0.717, 1.165) is 37.2 Å². The molecule has 1 aliphatic carbocycles. The van der Waals surface area contributed by atoms with Crippen LogP contribution < -0.4 is 10.9 Å². The number of hydrogen-bond donors (Lipinski definition) is 2. The average molecular weight is 380 g/mol. The van der Waals surface area contributed by atoms with E-state index in [1.807, 2.05) is 11.7 Å². The van der Waals surface area contributed by atoms with Crippen molar-refractivity contribution in [1.29, 1.82) is 0 Å². The van der Waals surface area contributed by atoms with E-state index in [2.05, 4.69) is 46.2 Å². The van der Waals surface area contributed by atoms with Crippen LogP contribution in [0, 0.1) is 5.92 Å². The maximum Gasteiger partial charge on any atom is 0.0968 e. The molecule has 0 radical (unpaired) electrons. The number of piperidine rings is 1. The van der Waals surface area contributed by atoms with Gasteiger partial charge in [0.25, 0.3) is 0 Å². The van der Waals surface area contributed by atoms with Crippen molar-refractivity contribution in [3.05, 3.63) is 41.6 Å². The van der Waals surface area contributed by atoms with Gasteiger partial charge in [-0.2, -0.15) is 5.10 Å². The summed E-state index contributed by atoms with van der Waals surface area (Å²) in [5.41, 5.74) is 12.0. The number of fused-ring (bicyclic) bond motifs is 1. The molecule has 1 aromatic heterocycles. The number of nitrogens with one attached hydrogen (secondary N) is 2. The van der Waals surface area contributed by atoms with Gasteiger partial charge in [0.05, 0.1) is 5.69 Å². The third-order valence-corrected chi connectivity index (χ3v) is 7.03. The molecule has 1 saturated carbocycles. The predicted molar refractivity (Wildman–Crippen MR) is 113 cm³/mol. The molecule has 3 aliphatic rings. The number of benzene rings is 1. The Morgan fingerprint density at radius 1 is 1.07 bits per heavy atom. The van der Waals surface area contributed by atoms with Gasteiger partial charge >= 0.3 is 0 Å². The lowest BCUT2D eigenvalue weighted by Crippen LogP contribution is -2.44. The van der Waals surface area contributed by atoms with Gasteiger partial charge in [0.2, 0.25) is 0 Å². The highest BCUT2D eigenvalue weighted by Gasteiger charge is 2.33. The lowest BCUT2D eigenvalue weighted by atomic mass is 9.84. The van der Waals surface area contributed by atoms with E-state index in [1.54, 1.807) is 0 Å². The van der Waals surface area contributed by atoms with E-state index in [1.165, 1.54) is 61.8 Å². The molecule has 0 amide bonds. The summed E-state index contributed by atoms with van der Waals surface area (Å²) in [4.78, 5) is 2.60. The van der Waals surface area contributed by atoms with Crippen LogP contribution in [0.4, 0.5) is 0 Å². The van der Waals surface area contributed by atoms with Crippen molar-refractivity contribution in [3.8, 4) is 11.3 Å². The SMILES string of the molecule is Cn1cc(CN2CCC3NNCC3C2)c(-c2ccc(C3CCCCC3)cc2)n1. The molecule has 2 aromatic rings. The quantitative estimate of drug-likeness (QED) is 0.854. The largest absolute Gasteiger partial charge is 0.298 e. The number of hydrogen-bond acceptors (Lipinski definition) is 4. The molecule has 5 nitrogen and oxygen atoms in total. The molecule has 150 valence electrons. The summed E-state index contributed by atoms with van der Waals surface area (Å²) in [6.07, 6.45) is 10.3. The molecule has 2 saturated heterocycles. The molecular formula is C23H33N5. The second kappa shape index (κ2) is 7.97. The number of aryl methyl sites for hydroxylation is 1. The van der Waals surface area contributed by atoms with Gasteiger partial charge in [-0.3, -0.25) is 20.4 Å². The van der Waals surface area contributed by atoms with Gasteiger partial charge in [-0.15, -0.1) is 0 Å². The van der Waals surface area contributed by atoms with Crippen LogP contribution >= 0.6 is 0 Å². The third kappa shape index (κ3) is 3.76. The summed E-state index contributed by atoms with van der Waals surface area (Å²) < 4.78 is 1.98. The van der Waals surface area contributed by atoms with Crippen molar-refractivity contribution in [2.75, 3.05) is 19.6 Å². The summed E-state index contributed by atoms with van der Waals surface area (Å²) in [5.74, 6) is 1.49. The zero-order chi connectivity index (χ0) is 18.9. The van der Waals surface area contributed by atoms with E-state index < -0.39 is 0 Å². The molecular weight excluding hydrogens is 346 g/mol. The minimum Gasteiger partial charge on any atom is -0.298 e. The van der Waals surface area contributed by atoms with Crippen molar-refractivity contribution < 1.29 is 0 Å². The molecule has 28 heavy (non-hydrogen) atoms. The highest BCUT2D eigenvalue weighted by atomic mass is 15.4.